The lowest BCUT2D eigenvalue weighted by Gasteiger charge is -2.06. The van der Waals surface area contributed by atoms with Crippen molar-refractivity contribution in [1.29, 1.82) is 0 Å². The zero-order valence-electron chi connectivity index (χ0n) is 10.9. The van der Waals surface area contributed by atoms with Crippen molar-refractivity contribution in [1.82, 2.24) is 5.16 Å². The lowest BCUT2D eigenvalue weighted by molar-refractivity contribution is 0.448. The summed E-state index contributed by atoms with van der Waals surface area (Å²) in [4.78, 5) is 0. The fraction of sp³-hybridized carbons (Fsp3) is 0.312. The number of aromatic nitrogens is 1. The third-order valence-electron chi connectivity index (χ3n) is 3.55. The molecule has 0 amide bonds. The second-order valence-corrected chi connectivity index (χ2v) is 4.82. The van der Waals surface area contributed by atoms with Crippen LogP contribution in [0.15, 0.2) is 34.9 Å². The van der Waals surface area contributed by atoms with Crippen LogP contribution in [-0.4, -0.2) is 5.16 Å². The minimum absolute atomic E-state index is 0.972. The highest BCUT2D eigenvalue weighted by molar-refractivity contribution is 6.00. The molecule has 0 aliphatic carbocycles. The fourth-order valence-electron chi connectivity index (χ4n) is 2.54. The average molecular weight is 239 g/mol. The Bertz CT molecular complexity index is 697. The first kappa shape index (κ1) is 11.3. The standard InChI is InChI=1S/C16H17NO/c1-3-4-8-14-13-9-6-5-7-12(13)10-15-11(2)17-18-16(14)15/h5-7,9-10H,3-4,8H2,1-2H3. The van der Waals surface area contributed by atoms with Crippen LogP contribution < -0.4 is 0 Å². The van der Waals surface area contributed by atoms with E-state index in [1.54, 1.807) is 0 Å². The van der Waals surface area contributed by atoms with Crippen LogP contribution in [-0.2, 0) is 6.42 Å². The third kappa shape index (κ3) is 1.69. The van der Waals surface area contributed by atoms with Crippen LogP contribution in [0.3, 0.4) is 0 Å². The molecule has 0 saturated heterocycles. The van der Waals surface area contributed by atoms with Crippen LogP contribution in [0.4, 0.5) is 0 Å². The highest BCUT2D eigenvalue weighted by Crippen LogP contribution is 2.31. The summed E-state index contributed by atoms with van der Waals surface area (Å²) in [7, 11) is 0. The van der Waals surface area contributed by atoms with Crippen LogP contribution in [0.5, 0.6) is 0 Å². The SMILES string of the molecule is CCCCc1c2ccccc2cc2c(C)noc12. The molecule has 3 rings (SSSR count). The van der Waals surface area contributed by atoms with Crippen molar-refractivity contribution in [3.63, 3.8) is 0 Å². The van der Waals surface area contributed by atoms with Crippen molar-refractivity contribution in [2.75, 3.05) is 0 Å². The smallest absolute Gasteiger partial charge is 0.170 e. The van der Waals surface area contributed by atoms with E-state index >= 15 is 0 Å². The number of hydrogen-bond donors (Lipinski definition) is 0. The van der Waals surface area contributed by atoms with Crippen molar-refractivity contribution in [2.45, 2.75) is 33.1 Å². The van der Waals surface area contributed by atoms with Crippen molar-refractivity contribution in [3.8, 4) is 0 Å². The Morgan fingerprint density at radius 2 is 2.00 bits per heavy atom. The Labute approximate surface area is 107 Å². The lowest BCUT2D eigenvalue weighted by Crippen LogP contribution is -1.89. The zero-order valence-corrected chi connectivity index (χ0v) is 10.9. The molecule has 0 N–H and O–H groups in total. The van der Waals surface area contributed by atoms with Crippen LogP contribution in [0, 0.1) is 6.92 Å². The number of hydrogen-bond acceptors (Lipinski definition) is 2. The van der Waals surface area contributed by atoms with Gasteiger partial charge in [-0.3, -0.25) is 0 Å². The number of unbranched alkanes of at least 4 members (excludes halogenated alkanes) is 1. The molecule has 0 radical (unpaired) electrons. The van der Waals surface area contributed by atoms with Gasteiger partial charge in [-0.1, -0.05) is 42.8 Å². The minimum atomic E-state index is 0.972. The summed E-state index contributed by atoms with van der Waals surface area (Å²) >= 11 is 0. The van der Waals surface area contributed by atoms with Crippen molar-refractivity contribution in [3.05, 3.63) is 41.6 Å². The van der Waals surface area contributed by atoms with Gasteiger partial charge in [0.25, 0.3) is 0 Å². The molecule has 0 aliphatic rings. The van der Waals surface area contributed by atoms with Crippen molar-refractivity contribution < 1.29 is 4.52 Å². The number of fused-ring (bicyclic) bond motifs is 2. The van der Waals surface area contributed by atoms with Crippen LogP contribution in [0.1, 0.15) is 31.0 Å². The summed E-state index contributed by atoms with van der Waals surface area (Å²) in [5, 5.41) is 7.85. The molecule has 2 nitrogen and oxygen atoms in total. The molecule has 0 aliphatic heterocycles. The first-order chi connectivity index (χ1) is 8.81. The normalized spacial score (nSPS) is 11.4. The van der Waals surface area contributed by atoms with E-state index in [2.05, 4.69) is 42.4 Å². The van der Waals surface area contributed by atoms with E-state index in [4.69, 9.17) is 4.52 Å². The van der Waals surface area contributed by atoms with Gasteiger partial charge in [0.05, 0.1) is 5.69 Å². The molecular weight excluding hydrogens is 222 g/mol. The summed E-state index contributed by atoms with van der Waals surface area (Å²) < 4.78 is 5.53. The second kappa shape index (κ2) is 4.45. The van der Waals surface area contributed by atoms with E-state index in [1.165, 1.54) is 29.2 Å². The van der Waals surface area contributed by atoms with Gasteiger partial charge >= 0.3 is 0 Å². The summed E-state index contributed by atoms with van der Waals surface area (Å²) in [5.41, 5.74) is 3.26. The third-order valence-corrected chi connectivity index (χ3v) is 3.55. The van der Waals surface area contributed by atoms with Gasteiger partial charge in [-0.25, -0.2) is 0 Å². The number of rotatable bonds is 3. The number of benzene rings is 2. The highest BCUT2D eigenvalue weighted by atomic mass is 16.5. The van der Waals surface area contributed by atoms with Crippen LogP contribution in [0.2, 0.25) is 0 Å². The first-order valence-corrected chi connectivity index (χ1v) is 6.58. The van der Waals surface area contributed by atoms with Gasteiger partial charge in [0, 0.05) is 10.9 Å². The van der Waals surface area contributed by atoms with E-state index in [0.29, 0.717) is 0 Å². The predicted molar refractivity (Wildman–Crippen MR) is 74.9 cm³/mol. The number of aryl methyl sites for hydroxylation is 2. The fourth-order valence-corrected chi connectivity index (χ4v) is 2.54. The molecule has 2 aromatic carbocycles. The molecule has 18 heavy (non-hydrogen) atoms. The Morgan fingerprint density at radius 1 is 1.17 bits per heavy atom. The van der Waals surface area contributed by atoms with Crippen molar-refractivity contribution >= 4 is 21.7 Å². The number of nitrogens with zero attached hydrogens (tertiary/aromatic N) is 1. The van der Waals surface area contributed by atoms with Crippen molar-refractivity contribution in [2.24, 2.45) is 0 Å². The average Bonchev–Trinajstić information content (AvgIpc) is 2.76. The summed E-state index contributed by atoms with van der Waals surface area (Å²) in [6, 6.07) is 10.7. The lowest BCUT2D eigenvalue weighted by atomic mass is 9.97. The molecule has 0 atom stereocenters. The molecule has 92 valence electrons. The Hall–Kier alpha value is -1.83. The Morgan fingerprint density at radius 3 is 2.83 bits per heavy atom. The van der Waals surface area contributed by atoms with E-state index < -0.39 is 0 Å². The Balaban J connectivity index is 2.35. The molecule has 0 fully saturated rings. The van der Waals surface area contributed by atoms with Crippen LogP contribution in [0.25, 0.3) is 21.7 Å². The summed E-state index contributed by atoms with van der Waals surface area (Å²) in [6.07, 6.45) is 3.43. The van der Waals surface area contributed by atoms with Crippen LogP contribution >= 0.6 is 0 Å². The van der Waals surface area contributed by atoms with Gasteiger partial charge in [0.1, 0.15) is 0 Å². The topological polar surface area (TPSA) is 26.0 Å². The van der Waals surface area contributed by atoms with Gasteiger partial charge in [0.15, 0.2) is 5.58 Å². The largest absolute Gasteiger partial charge is 0.356 e. The second-order valence-electron chi connectivity index (χ2n) is 4.82. The monoisotopic (exact) mass is 239 g/mol. The van der Waals surface area contributed by atoms with Gasteiger partial charge in [-0.15, -0.1) is 0 Å². The molecule has 1 heterocycles. The summed E-state index contributed by atoms with van der Waals surface area (Å²) in [6.45, 7) is 4.22. The molecular formula is C16H17NO. The maximum atomic E-state index is 5.53. The van der Waals surface area contributed by atoms with Gasteiger partial charge in [-0.05, 0) is 36.6 Å². The molecule has 2 heteroatoms. The maximum absolute atomic E-state index is 5.53. The van der Waals surface area contributed by atoms with E-state index in [1.807, 2.05) is 6.92 Å². The predicted octanol–water partition coefficient (Wildman–Crippen LogP) is 4.63. The maximum Gasteiger partial charge on any atom is 0.170 e. The van der Waals surface area contributed by atoms with Gasteiger partial charge in [0.2, 0.25) is 0 Å². The molecule has 0 spiro atoms. The quantitative estimate of drug-likeness (QED) is 0.666. The first-order valence-electron chi connectivity index (χ1n) is 6.58. The van der Waals surface area contributed by atoms with Gasteiger partial charge in [-0.2, -0.15) is 0 Å². The molecule has 0 unspecified atom stereocenters. The Kier molecular flexibility index (Phi) is 2.78. The minimum Gasteiger partial charge on any atom is -0.356 e. The van der Waals surface area contributed by atoms with E-state index in [0.717, 1.165) is 23.1 Å². The zero-order chi connectivity index (χ0) is 12.5. The summed E-state index contributed by atoms with van der Waals surface area (Å²) in [5.74, 6) is 0. The molecule has 1 aromatic heterocycles. The molecule has 3 aromatic rings. The van der Waals surface area contributed by atoms with E-state index in [-0.39, 0.29) is 0 Å². The van der Waals surface area contributed by atoms with E-state index in [9.17, 15) is 0 Å². The molecule has 0 saturated carbocycles. The molecule has 0 bridgehead atoms. The highest BCUT2D eigenvalue weighted by Gasteiger charge is 2.13. The van der Waals surface area contributed by atoms with Gasteiger partial charge < -0.3 is 4.52 Å².